The number of pyridine rings is 2. The van der Waals surface area contributed by atoms with Crippen LogP contribution in [0.25, 0.3) is 11.0 Å². The highest BCUT2D eigenvalue weighted by Gasteiger charge is 2.05. The molecule has 1 unspecified atom stereocenters. The number of anilines is 1. The largest absolute Gasteiger partial charge is 0.380 e. The first-order valence-corrected chi connectivity index (χ1v) is 5.37. The molecule has 2 rings (SSSR count). The van der Waals surface area contributed by atoms with Gasteiger partial charge in [-0.2, -0.15) is 0 Å². The molecule has 0 saturated carbocycles. The van der Waals surface area contributed by atoms with Crippen LogP contribution >= 0.6 is 11.6 Å². The minimum atomic E-state index is 0.222. The van der Waals surface area contributed by atoms with Gasteiger partial charge in [0.2, 0.25) is 0 Å². The van der Waals surface area contributed by atoms with Crippen molar-refractivity contribution in [2.24, 2.45) is 0 Å². The lowest BCUT2D eigenvalue weighted by molar-refractivity contribution is 0.909. The van der Waals surface area contributed by atoms with Gasteiger partial charge in [-0.15, -0.1) is 11.6 Å². The van der Waals surface area contributed by atoms with Crippen molar-refractivity contribution in [1.29, 1.82) is 0 Å². The SMILES string of the molecule is CC(CCl)Nc1ccnc2cccnc12. The van der Waals surface area contributed by atoms with E-state index < -0.39 is 0 Å². The van der Waals surface area contributed by atoms with Crippen molar-refractivity contribution < 1.29 is 0 Å². The minimum Gasteiger partial charge on any atom is -0.380 e. The summed E-state index contributed by atoms with van der Waals surface area (Å²) >= 11 is 5.75. The summed E-state index contributed by atoms with van der Waals surface area (Å²) in [4.78, 5) is 8.54. The van der Waals surface area contributed by atoms with Crippen LogP contribution in [0.3, 0.4) is 0 Å². The predicted molar refractivity (Wildman–Crippen MR) is 63.3 cm³/mol. The zero-order valence-corrected chi connectivity index (χ0v) is 9.20. The molecule has 0 fully saturated rings. The van der Waals surface area contributed by atoms with Crippen LogP contribution < -0.4 is 5.32 Å². The smallest absolute Gasteiger partial charge is 0.112 e. The number of aromatic nitrogens is 2. The molecule has 4 heteroatoms. The molecule has 0 saturated heterocycles. The summed E-state index contributed by atoms with van der Waals surface area (Å²) in [5.41, 5.74) is 2.76. The highest BCUT2D eigenvalue weighted by molar-refractivity contribution is 6.18. The third kappa shape index (κ3) is 2.18. The second-order valence-electron chi connectivity index (χ2n) is 3.43. The van der Waals surface area contributed by atoms with Gasteiger partial charge in [0, 0.05) is 24.3 Å². The van der Waals surface area contributed by atoms with Gasteiger partial charge in [-0.05, 0) is 25.1 Å². The normalized spacial score (nSPS) is 12.7. The predicted octanol–water partition coefficient (Wildman–Crippen LogP) is 2.67. The van der Waals surface area contributed by atoms with Crippen molar-refractivity contribution in [2.75, 3.05) is 11.2 Å². The molecule has 15 heavy (non-hydrogen) atoms. The number of hydrogen-bond donors (Lipinski definition) is 1. The second kappa shape index (κ2) is 4.45. The lowest BCUT2D eigenvalue weighted by Gasteiger charge is -2.12. The van der Waals surface area contributed by atoms with E-state index in [1.54, 1.807) is 12.4 Å². The summed E-state index contributed by atoms with van der Waals surface area (Å²) in [6.45, 7) is 2.03. The Morgan fingerprint density at radius 3 is 3.00 bits per heavy atom. The Morgan fingerprint density at radius 2 is 2.20 bits per heavy atom. The van der Waals surface area contributed by atoms with Gasteiger partial charge in [-0.25, -0.2) is 0 Å². The Balaban J connectivity index is 2.42. The molecule has 0 aromatic carbocycles. The summed E-state index contributed by atoms with van der Waals surface area (Å²) in [6.07, 6.45) is 3.54. The van der Waals surface area contributed by atoms with Crippen LogP contribution in [0.1, 0.15) is 6.92 Å². The number of halogens is 1. The number of alkyl halides is 1. The van der Waals surface area contributed by atoms with Crippen molar-refractivity contribution in [1.82, 2.24) is 9.97 Å². The maximum atomic E-state index is 5.75. The number of hydrogen-bond acceptors (Lipinski definition) is 3. The quantitative estimate of drug-likeness (QED) is 0.810. The van der Waals surface area contributed by atoms with E-state index in [1.165, 1.54) is 0 Å². The lowest BCUT2D eigenvalue weighted by atomic mass is 10.2. The van der Waals surface area contributed by atoms with E-state index in [-0.39, 0.29) is 6.04 Å². The topological polar surface area (TPSA) is 37.8 Å². The molecule has 1 N–H and O–H groups in total. The Labute approximate surface area is 93.5 Å². The Hall–Kier alpha value is -1.35. The lowest BCUT2D eigenvalue weighted by Crippen LogP contribution is -2.16. The first-order valence-electron chi connectivity index (χ1n) is 4.83. The highest BCUT2D eigenvalue weighted by Crippen LogP contribution is 2.19. The fourth-order valence-electron chi connectivity index (χ4n) is 1.40. The fraction of sp³-hybridized carbons (Fsp3) is 0.273. The molecule has 2 aromatic heterocycles. The van der Waals surface area contributed by atoms with E-state index in [9.17, 15) is 0 Å². The summed E-state index contributed by atoms with van der Waals surface area (Å²) in [7, 11) is 0. The highest BCUT2D eigenvalue weighted by atomic mass is 35.5. The molecule has 0 amide bonds. The van der Waals surface area contributed by atoms with Crippen LogP contribution in [0, 0.1) is 0 Å². The monoisotopic (exact) mass is 221 g/mol. The molecule has 2 aromatic rings. The van der Waals surface area contributed by atoms with E-state index in [1.807, 2.05) is 25.1 Å². The van der Waals surface area contributed by atoms with Crippen LogP contribution in [0.4, 0.5) is 5.69 Å². The van der Waals surface area contributed by atoms with Gasteiger partial charge in [0.15, 0.2) is 0 Å². The van der Waals surface area contributed by atoms with Crippen molar-refractivity contribution in [3.8, 4) is 0 Å². The molecule has 2 heterocycles. The van der Waals surface area contributed by atoms with Gasteiger partial charge in [-0.3, -0.25) is 9.97 Å². The van der Waals surface area contributed by atoms with Crippen LogP contribution in [-0.4, -0.2) is 21.9 Å². The molecule has 3 nitrogen and oxygen atoms in total. The summed E-state index contributed by atoms with van der Waals surface area (Å²) < 4.78 is 0. The zero-order valence-electron chi connectivity index (χ0n) is 8.44. The first-order chi connectivity index (χ1) is 7.31. The number of rotatable bonds is 3. The average Bonchev–Trinajstić information content (AvgIpc) is 2.29. The molecule has 78 valence electrons. The molecule has 0 aliphatic carbocycles. The molecule has 1 atom stereocenters. The van der Waals surface area contributed by atoms with Crippen molar-refractivity contribution in [3.63, 3.8) is 0 Å². The van der Waals surface area contributed by atoms with Crippen LogP contribution in [0.5, 0.6) is 0 Å². The maximum absolute atomic E-state index is 5.75. The van der Waals surface area contributed by atoms with Crippen LogP contribution in [-0.2, 0) is 0 Å². The fourth-order valence-corrected chi connectivity index (χ4v) is 1.48. The van der Waals surface area contributed by atoms with Crippen LogP contribution in [0.15, 0.2) is 30.6 Å². The van der Waals surface area contributed by atoms with E-state index >= 15 is 0 Å². The number of fused-ring (bicyclic) bond motifs is 1. The molecular formula is C11H12ClN3. The van der Waals surface area contributed by atoms with E-state index in [2.05, 4.69) is 15.3 Å². The van der Waals surface area contributed by atoms with E-state index in [0.717, 1.165) is 16.7 Å². The second-order valence-corrected chi connectivity index (χ2v) is 3.74. The molecular weight excluding hydrogens is 210 g/mol. The Kier molecular flexibility index (Phi) is 3.02. The van der Waals surface area contributed by atoms with Gasteiger partial charge in [0.05, 0.1) is 11.2 Å². The molecule has 0 spiro atoms. The van der Waals surface area contributed by atoms with Crippen molar-refractivity contribution >= 4 is 28.3 Å². The summed E-state index contributed by atoms with van der Waals surface area (Å²) in [5, 5.41) is 3.30. The minimum absolute atomic E-state index is 0.222. The van der Waals surface area contributed by atoms with Gasteiger partial charge in [0.1, 0.15) is 5.52 Å². The third-order valence-corrected chi connectivity index (χ3v) is 2.59. The number of nitrogens with one attached hydrogen (secondary N) is 1. The van der Waals surface area contributed by atoms with Gasteiger partial charge in [-0.1, -0.05) is 0 Å². The molecule has 0 bridgehead atoms. The van der Waals surface area contributed by atoms with Crippen LogP contribution in [0.2, 0.25) is 0 Å². The summed E-state index contributed by atoms with van der Waals surface area (Å²) in [5.74, 6) is 0.566. The molecule has 0 radical (unpaired) electrons. The van der Waals surface area contributed by atoms with E-state index in [4.69, 9.17) is 11.6 Å². The summed E-state index contributed by atoms with van der Waals surface area (Å²) in [6, 6.07) is 5.96. The molecule has 0 aliphatic rings. The van der Waals surface area contributed by atoms with Crippen molar-refractivity contribution in [3.05, 3.63) is 30.6 Å². The number of nitrogens with zero attached hydrogens (tertiary/aromatic N) is 2. The Morgan fingerprint density at radius 1 is 1.33 bits per heavy atom. The van der Waals surface area contributed by atoms with Gasteiger partial charge >= 0.3 is 0 Å². The molecule has 0 aliphatic heterocycles. The first kappa shape index (κ1) is 10.2. The Bertz CT molecular complexity index is 453. The maximum Gasteiger partial charge on any atom is 0.112 e. The van der Waals surface area contributed by atoms with Gasteiger partial charge in [0.25, 0.3) is 0 Å². The van der Waals surface area contributed by atoms with Gasteiger partial charge < -0.3 is 5.32 Å². The third-order valence-electron chi connectivity index (χ3n) is 2.13. The van der Waals surface area contributed by atoms with E-state index in [0.29, 0.717) is 5.88 Å². The zero-order chi connectivity index (χ0) is 10.7. The standard InChI is InChI=1S/C11H12ClN3/c1-8(7-12)15-10-4-6-13-9-3-2-5-14-11(9)10/h2-6,8H,7H2,1H3,(H,13,15). The average molecular weight is 222 g/mol. The van der Waals surface area contributed by atoms with Crippen molar-refractivity contribution in [2.45, 2.75) is 13.0 Å².